The van der Waals surface area contributed by atoms with E-state index in [0.717, 1.165) is 21.7 Å². The Morgan fingerprint density at radius 3 is 2.20 bits per heavy atom. The van der Waals surface area contributed by atoms with Gasteiger partial charge >= 0.3 is 0 Å². The van der Waals surface area contributed by atoms with E-state index in [9.17, 15) is 0 Å². The van der Waals surface area contributed by atoms with Crippen LogP contribution in [0.4, 0.5) is 11.5 Å². The van der Waals surface area contributed by atoms with Gasteiger partial charge in [0.15, 0.2) is 5.69 Å². The highest BCUT2D eigenvalue weighted by molar-refractivity contribution is 9.10. The molecule has 1 aromatic carbocycles. The number of hydrogen-bond donors (Lipinski definition) is 1. The number of rotatable bonds is 4. The molecular weight excluding hydrogens is 460 g/mol. The molecule has 1 N–H and O–H groups in total. The molecule has 2 heterocycles. The second-order valence-electron chi connectivity index (χ2n) is 8.49. The largest absolute Gasteiger partial charge is 0.544 e. The lowest BCUT2D eigenvalue weighted by atomic mass is 10.2. The third-order valence-corrected chi connectivity index (χ3v) is 9.74. The molecule has 2 aromatic heterocycles. The van der Waals surface area contributed by atoms with Crippen LogP contribution in [0.15, 0.2) is 47.2 Å². The fourth-order valence-electron chi connectivity index (χ4n) is 2.23. The normalized spacial score (nSPS) is 11.3. The predicted octanol–water partition coefficient (Wildman–Crippen LogP) is 5.60. The fraction of sp³-hybridized carbons (Fsp3) is 0.381. The number of halogens is 1. The van der Waals surface area contributed by atoms with Crippen LogP contribution in [0.2, 0.25) is 18.1 Å². The minimum Gasteiger partial charge on any atom is -0.544 e. The summed E-state index contributed by atoms with van der Waals surface area (Å²) >= 11 is 3.25. The molecule has 0 amide bonds. The maximum absolute atomic E-state index is 8.89. The number of nitrogens with zero attached hydrogens (tertiary/aromatic N) is 5. The van der Waals surface area contributed by atoms with Gasteiger partial charge in [-0.3, -0.25) is 9.36 Å². The van der Waals surface area contributed by atoms with Gasteiger partial charge in [0, 0.05) is 32.0 Å². The Balaban J connectivity index is 0.000000386. The molecule has 0 fully saturated rings. The van der Waals surface area contributed by atoms with Crippen LogP contribution in [-0.2, 0) is 14.1 Å². The molecule has 3 rings (SSSR count). The van der Waals surface area contributed by atoms with Crippen molar-refractivity contribution in [3.63, 3.8) is 0 Å². The van der Waals surface area contributed by atoms with Crippen LogP contribution in [0.25, 0.3) is 0 Å². The monoisotopic (exact) mass is 488 g/mol. The van der Waals surface area contributed by atoms with E-state index in [1.165, 1.54) is 0 Å². The summed E-state index contributed by atoms with van der Waals surface area (Å²) in [5.41, 5.74) is 1.33. The Bertz CT molecular complexity index is 995. The molecular formula is C21H29BrN6OSi. The van der Waals surface area contributed by atoms with Crippen LogP contribution in [0, 0.1) is 11.3 Å². The summed E-state index contributed by atoms with van der Waals surface area (Å²) < 4.78 is 10.7. The molecule has 0 saturated heterocycles. The maximum Gasteiger partial charge on any atom is 0.250 e. The highest BCUT2D eigenvalue weighted by Gasteiger charge is 2.38. The van der Waals surface area contributed by atoms with Crippen molar-refractivity contribution in [1.82, 2.24) is 19.6 Å². The Morgan fingerprint density at radius 1 is 1.17 bits per heavy atom. The number of anilines is 2. The van der Waals surface area contributed by atoms with Gasteiger partial charge in [-0.2, -0.15) is 15.5 Å². The zero-order chi connectivity index (χ0) is 22.5. The zero-order valence-corrected chi connectivity index (χ0v) is 21.1. The molecule has 9 heteroatoms. The van der Waals surface area contributed by atoms with Crippen molar-refractivity contribution >= 4 is 35.8 Å². The average Bonchev–Trinajstić information content (AvgIpc) is 3.20. The number of aryl methyl sites for hydroxylation is 2. The number of nitriles is 1. The Labute approximate surface area is 187 Å². The van der Waals surface area contributed by atoms with E-state index in [1.807, 2.05) is 43.6 Å². The molecule has 0 aliphatic rings. The minimum absolute atomic E-state index is 0.173. The number of aromatic nitrogens is 4. The van der Waals surface area contributed by atoms with Gasteiger partial charge in [-0.05, 0) is 58.3 Å². The van der Waals surface area contributed by atoms with Crippen LogP contribution in [0.5, 0.6) is 5.75 Å². The van der Waals surface area contributed by atoms with Crippen LogP contribution >= 0.6 is 15.9 Å². The standard InChI is InChI=1S/C17H24N4OSi.C4H5BrN2/c1-17(2,3)23(5,6)22-15-9-7-13(8-10-15)19-16-11-14(12-18)20-21(16)4;1-7-3-4(5)2-6-7/h7-11,19H,1-6H3;2-3H,1H3. The van der Waals surface area contributed by atoms with Gasteiger partial charge in [-0.15, -0.1) is 0 Å². The van der Waals surface area contributed by atoms with Crippen LogP contribution in [0.3, 0.4) is 0 Å². The molecule has 0 aliphatic carbocycles. The van der Waals surface area contributed by atoms with Crippen molar-refractivity contribution in [2.75, 3.05) is 5.32 Å². The summed E-state index contributed by atoms with van der Waals surface area (Å²) in [5, 5.41) is 20.3. The number of nitrogens with one attached hydrogen (secondary N) is 1. The second kappa shape index (κ2) is 9.49. The van der Waals surface area contributed by atoms with Gasteiger partial charge in [-0.1, -0.05) is 20.8 Å². The zero-order valence-electron chi connectivity index (χ0n) is 18.6. The van der Waals surface area contributed by atoms with E-state index in [1.54, 1.807) is 28.7 Å². The maximum atomic E-state index is 8.89. The van der Waals surface area contributed by atoms with Crippen molar-refractivity contribution in [3.8, 4) is 11.8 Å². The minimum atomic E-state index is -1.82. The summed E-state index contributed by atoms with van der Waals surface area (Å²) in [6.07, 6.45) is 3.64. The molecule has 3 aromatic rings. The topological polar surface area (TPSA) is 80.7 Å². The molecule has 0 saturated carbocycles. The highest BCUT2D eigenvalue weighted by Crippen LogP contribution is 2.37. The van der Waals surface area contributed by atoms with E-state index >= 15 is 0 Å². The predicted molar refractivity (Wildman–Crippen MR) is 126 cm³/mol. The summed E-state index contributed by atoms with van der Waals surface area (Å²) in [6.45, 7) is 11.1. The first-order chi connectivity index (χ1) is 13.9. The SMILES string of the molecule is Cn1cc(Br)cn1.Cn1nc(C#N)cc1Nc1ccc(O[Si](C)(C)C(C)(C)C)cc1. The Morgan fingerprint density at radius 2 is 1.80 bits per heavy atom. The van der Waals surface area contributed by atoms with E-state index in [-0.39, 0.29) is 5.04 Å². The quantitative estimate of drug-likeness (QED) is 0.483. The first kappa shape index (κ1) is 23.7. The molecule has 0 atom stereocenters. The molecule has 0 unspecified atom stereocenters. The molecule has 160 valence electrons. The van der Waals surface area contributed by atoms with E-state index < -0.39 is 8.32 Å². The van der Waals surface area contributed by atoms with Crippen LogP contribution in [-0.4, -0.2) is 27.9 Å². The van der Waals surface area contributed by atoms with Crippen LogP contribution in [0.1, 0.15) is 26.5 Å². The van der Waals surface area contributed by atoms with Crippen molar-refractivity contribution < 1.29 is 4.43 Å². The lowest BCUT2D eigenvalue weighted by Crippen LogP contribution is -2.43. The van der Waals surface area contributed by atoms with E-state index in [2.05, 4.69) is 65.3 Å². The Kier molecular flexibility index (Phi) is 7.50. The first-order valence-corrected chi connectivity index (χ1v) is 13.3. The van der Waals surface area contributed by atoms with Gasteiger partial charge in [0.2, 0.25) is 8.32 Å². The second-order valence-corrected chi connectivity index (χ2v) is 14.1. The number of benzene rings is 1. The molecule has 0 spiro atoms. The van der Waals surface area contributed by atoms with Crippen LogP contribution < -0.4 is 9.74 Å². The third-order valence-electron chi connectivity index (χ3n) is 4.97. The van der Waals surface area contributed by atoms with Gasteiger partial charge in [0.25, 0.3) is 0 Å². The van der Waals surface area contributed by atoms with Gasteiger partial charge in [0.1, 0.15) is 17.6 Å². The fourth-order valence-corrected chi connectivity index (χ4v) is 3.65. The summed E-state index contributed by atoms with van der Waals surface area (Å²) in [4.78, 5) is 0. The summed E-state index contributed by atoms with van der Waals surface area (Å²) in [7, 11) is 1.87. The smallest absolute Gasteiger partial charge is 0.250 e. The number of hydrogen-bond acceptors (Lipinski definition) is 5. The van der Waals surface area contributed by atoms with Crippen molar-refractivity contribution in [2.45, 2.75) is 38.9 Å². The van der Waals surface area contributed by atoms with Crippen molar-refractivity contribution in [2.24, 2.45) is 14.1 Å². The van der Waals surface area contributed by atoms with Gasteiger partial charge in [-0.25, -0.2) is 0 Å². The molecule has 0 bridgehead atoms. The van der Waals surface area contributed by atoms with Crippen molar-refractivity contribution in [1.29, 1.82) is 5.26 Å². The molecule has 30 heavy (non-hydrogen) atoms. The average molecular weight is 489 g/mol. The molecule has 7 nitrogen and oxygen atoms in total. The highest BCUT2D eigenvalue weighted by atomic mass is 79.9. The molecule has 0 aliphatic heterocycles. The van der Waals surface area contributed by atoms with Gasteiger partial charge < -0.3 is 9.74 Å². The summed E-state index contributed by atoms with van der Waals surface area (Å²) in [6, 6.07) is 11.7. The molecule has 0 radical (unpaired) electrons. The Hall–Kier alpha value is -2.57. The third kappa shape index (κ3) is 6.47. The first-order valence-electron chi connectivity index (χ1n) is 9.55. The van der Waals surface area contributed by atoms with E-state index in [0.29, 0.717) is 5.69 Å². The lowest BCUT2D eigenvalue weighted by Gasteiger charge is -2.36. The van der Waals surface area contributed by atoms with E-state index in [4.69, 9.17) is 9.69 Å². The lowest BCUT2D eigenvalue weighted by molar-refractivity contribution is 0.492. The summed E-state index contributed by atoms with van der Waals surface area (Å²) in [5.74, 6) is 1.67. The van der Waals surface area contributed by atoms with Crippen molar-refractivity contribution in [3.05, 3.63) is 52.9 Å². The van der Waals surface area contributed by atoms with Gasteiger partial charge in [0.05, 0.1) is 10.7 Å².